The molecule has 1 saturated heterocycles. The van der Waals surface area contributed by atoms with Gasteiger partial charge in [-0.1, -0.05) is 19.3 Å². The van der Waals surface area contributed by atoms with Crippen molar-refractivity contribution in [1.29, 1.82) is 0 Å². The SMILES string of the molecule is CC(C)N(C(=O)N(CCCl)N=O)[C@]1(O)[C@H](O)CO[C@@](O)(C2CCCCC2)[C@@H]1O. The van der Waals surface area contributed by atoms with Gasteiger partial charge in [0, 0.05) is 17.8 Å². The predicted molar refractivity (Wildman–Crippen MR) is 100 cm³/mol. The minimum atomic E-state index is -2.59. The van der Waals surface area contributed by atoms with Crippen molar-refractivity contribution >= 4 is 17.6 Å². The van der Waals surface area contributed by atoms with Gasteiger partial charge in [0.1, 0.15) is 6.10 Å². The van der Waals surface area contributed by atoms with Crippen LogP contribution >= 0.6 is 11.6 Å². The van der Waals surface area contributed by atoms with E-state index in [9.17, 15) is 30.1 Å². The molecule has 28 heavy (non-hydrogen) atoms. The van der Waals surface area contributed by atoms with Crippen molar-refractivity contribution in [3.05, 3.63) is 4.91 Å². The largest absolute Gasteiger partial charge is 0.386 e. The van der Waals surface area contributed by atoms with Gasteiger partial charge in [-0.05, 0) is 26.7 Å². The number of halogens is 1. The number of urea groups is 1. The molecule has 0 aromatic heterocycles. The van der Waals surface area contributed by atoms with Crippen LogP contribution in [0.4, 0.5) is 4.79 Å². The lowest BCUT2D eigenvalue weighted by Gasteiger charge is -2.56. The summed E-state index contributed by atoms with van der Waals surface area (Å²) >= 11 is 5.60. The Labute approximate surface area is 169 Å². The van der Waals surface area contributed by atoms with E-state index in [4.69, 9.17) is 16.3 Å². The molecule has 2 fully saturated rings. The topological polar surface area (TPSA) is 143 Å². The highest BCUT2D eigenvalue weighted by molar-refractivity contribution is 6.18. The first-order valence-corrected chi connectivity index (χ1v) is 10.1. The molecule has 10 nitrogen and oxygen atoms in total. The van der Waals surface area contributed by atoms with Crippen LogP contribution in [-0.2, 0) is 4.74 Å². The fraction of sp³-hybridized carbons (Fsp3) is 0.941. The molecule has 2 rings (SSSR count). The van der Waals surface area contributed by atoms with Gasteiger partial charge in [0.15, 0.2) is 11.9 Å². The first kappa shape index (κ1) is 23.2. The van der Waals surface area contributed by atoms with Crippen LogP contribution in [0.25, 0.3) is 0 Å². The van der Waals surface area contributed by atoms with Crippen molar-refractivity contribution < 1.29 is 30.0 Å². The van der Waals surface area contributed by atoms with E-state index >= 15 is 0 Å². The monoisotopic (exact) mass is 423 g/mol. The van der Waals surface area contributed by atoms with Gasteiger partial charge in [0.05, 0.1) is 18.4 Å². The van der Waals surface area contributed by atoms with Crippen molar-refractivity contribution in [2.75, 3.05) is 19.0 Å². The molecular formula is C17H30ClN3O7. The highest BCUT2D eigenvalue weighted by Gasteiger charge is 2.65. The number of hydrogen-bond donors (Lipinski definition) is 4. The Hall–Kier alpha value is -1.04. The van der Waals surface area contributed by atoms with E-state index < -0.39 is 48.3 Å². The second-order valence-corrected chi connectivity index (χ2v) is 8.12. The second kappa shape index (κ2) is 9.19. The summed E-state index contributed by atoms with van der Waals surface area (Å²) in [7, 11) is 0. The maximum Gasteiger partial charge on any atom is 0.345 e. The Bertz CT molecular complexity index is 563. The lowest BCUT2D eigenvalue weighted by molar-refractivity contribution is -0.392. The molecule has 0 aromatic rings. The molecule has 1 heterocycles. The highest BCUT2D eigenvalue weighted by atomic mass is 35.5. The quantitative estimate of drug-likeness (QED) is 0.213. The molecule has 1 aliphatic carbocycles. The van der Waals surface area contributed by atoms with Gasteiger partial charge in [-0.15, -0.1) is 16.5 Å². The average molecular weight is 424 g/mol. The third kappa shape index (κ3) is 3.99. The van der Waals surface area contributed by atoms with Crippen LogP contribution < -0.4 is 0 Å². The van der Waals surface area contributed by atoms with Gasteiger partial charge in [-0.2, -0.15) is 5.01 Å². The Balaban J connectivity index is 2.43. The summed E-state index contributed by atoms with van der Waals surface area (Å²) in [6.07, 6.45) is 0.0489. The number of carbonyl (C=O) groups is 1. The Morgan fingerprint density at radius 3 is 2.36 bits per heavy atom. The van der Waals surface area contributed by atoms with E-state index in [1.165, 1.54) is 13.8 Å². The molecule has 11 heteroatoms. The molecule has 2 amide bonds. The molecule has 4 N–H and O–H groups in total. The van der Waals surface area contributed by atoms with Crippen LogP contribution in [0.15, 0.2) is 5.29 Å². The van der Waals surface area contributed by atoms with Crippen molar-refractivity contribution in [3.8, 4) is 0 Å². The summed E-state index contributed by atoms with van der Waals surface area (Å²) < 4.78 is 5.41. The second-order valence-electron chi connectivity index (χ2n) is 7.74. The van der Waals surface area contributed by atoms with Crippen LogP contribution in [0.1, 0.15) is 46.0 Å². The molecule has 4 atom stereocenters. The van der Waals surface area contributed by atoms with Crippen LogP contribution in [0, 0.1) is 10.8 Å². The van der Waals surface area contributed by atoms with Crippen LogP contribution in [-0.4, -0.2) is 85.2 Å². The van der Waals surface area contributed by atoms with Gasteiger partial charge in [-0.25, -0.2) is 4.79 Å². The van der Waals surface area contributed by atoms with E-state index in [0.29, 0.717) is 17.9 Å². The van der Waals surface area contributed by atoms with E-state index in [1.54, 1.807) is 0 Å². The maximum absolute atomic E-state index is 12.9. The van der Waals surface area contributed by atoms with Crippen molar-refractivity contribution in [2.24, 2.45) is 11.2 Å². The molecule has 0 radical (unpaired) electrons. The maximum atomic E-state index is 12.9. The minimum Gasteiger partial charge on any atom is -0.386 e. The lowest BCUT2D eigenvalue weighted by atomic mass is 9.75. The van der Waals surface area contributed by atoms with Gasteiger partial charge >= 0.3 is 6.03 Å². The molecule has 1 saturated carbocycles. The van der Waals surface area contributed by atoms with Crippen LogP contribution in [0.5, 0.6) is 0 Å². The molecule has 2 aliphatic rings. The van der Waals surface area contributed by atoms with Gasteiger partial charge in [0.2, 0.25) is 5.72 Å². The van der Waals surface area contributed by atoms with E-state index in [1.807, 2.05) is 0 Å². The van der Waals surface area contributed by atoms with Gasteiger partial charge in [0.25, 0.3) is 0 Å². The number of alkyl halides is 1. The van der Waals surface area contributed by atoms with Crippen molar-refractivity contribution in [1.82, 2.24) is 9.91 Å². The number of aliphatic hydroxyl groups is 4. The molecule has 0 bridgehead atoms. The van der Waals surface area contributed by atoms with Crippen molar-refractivity contribution in [3.63, 3.8) is 0 Å². The number of carbonyl (C=O) groups excluding carboxylic acids is 1. The number of aliphatic hydroxyl groups excluding tert-OH is 2. The zero-order chi connectivity index (χ0) is 21.1. The van der Waals surface area contributed by atoms with Crippen molar-refractivity contribution in [2.45, 2.75) is 75.7 Å². The molecule has 0 unspecified atom stereocenters. The smallest absolute Gasteiger partial charge is 0.345 e. The third-order valence-electron chi connectivity index (χ3n) is 5.67. The molecular weight excluding hydrogens is 394 g/mol. The first-order chi connectivity index (χ1) is 13.1. The number of nitrogens with zero attached hydrogens (tertiary/aromatic N) is 3. The first-order valence-electron chi connectivity index (χ1n) is 9.59. The number of nitroso groups, excluding NO2 is 1. The number of rotatable bonds is 6. The van der Waals surface area contributed by atoms with Crippen LogP contribution in [0.2, 0.25) is 0 Å². The van der Waals surface area contributed by atoms with E-state index in [0.717, 1.165) is 24.2 Å². The average Bonchev–Trinajstić information content (AvgIpc) is 2.68. The molecule has 1 aliphatic heterocycles. The van der Waals surface area contributed by atoms with Crippen LogP contribution in [0.3, 0.4) is 0 Å². The summed E-state index contributed by atoms with van der Waals surface area (Å²) in [5, 5.41) is 47.1. The van der Waals surface area contributed by atoms with Gasteiger partial charge in [-0.3, -0.25) is 4.90 Å². The number of ether oxygens (including phenoxy) is 1. The Morgan fingerprint density at radius 2 is 1.86 bits per heavy atom. The summed E-state index contributed by atoms with van der Waals surface area (Å²) in [5.74, 6) is -2.70. The number of amides is 2. The Kier molecular flexibility index (Phi) is 7.62. The van der Waals surface area contributed by atoms with E-state index in [-0.39, 0.29) is 12.4 Å². The normalized spacial score (nSPS) is 34.3. The molecule has 0 aromatic carbocycles. The standard InChI is InChI=1S/C17H30ClN3O7/c1-11(2)21(15(24)20(19-27)9-8-18)16(25)13(22)10-28-17(26,14(16)23)12-6-4-3-5-7-12/h11-14,22-23,25-26H,3-10H2,1-2H3/t13-,14-,16+,17+/m1/s1. The lowest BCUT2D eigenvalue weighted by Crippen LogP contribution is -2.78. The Morgan fingerprint density at radius 1 is 1.25 bits per heavy atom. The van der Waals surface area contributed by atoms with Gasteiger partial charge < -0.3 is 25.2 Å². The summed E-state index contributed by atoms with van der Waals surface area (Å²) in [4.78, 5) is 24.7. The molecule has 162 valence electrons. The summed E-state index contributed by atoms with van der Waals surface area (Å²) in [5.41, 5.74) is -2.59. The zero-order valence-electron chi connectivity index (χ0n) is 16.2. The highest BCUT2D eigenvalue weighted by Crippen LogP contribution is 2.44. The molecule has 0 spiro atoms. The third-order valence-corrected chi connectivity index (χ3v) is 5.84. The van der Waals surface area contributed by atoms with E-state index in [2.05, 4.69) is 5.29 Å². The minimum absolute atomic E-state index is 0.0813. The summed E-state index contributed by atoms with van der Waals surface area (Å²) in [6, 6.07) is -1.80. The fourth-order valence-electron chi connectivity index (χ4n) is 4.21. The zero-order valence-corrected chi connectivity index (χ0v) is 17.0. The fourth-order valence-corrected chi connectivity index (χ4v) is 4.37. The number of hydrogen-bond acceptors (Lipinski definition) is 8. The predicted octanol–water partition coefficient (Wildman–Crippen LogP) is 0.748. The summed E-state index contributed by atoms with van der Waals surface area (Å²) in [6.45, 7) is 2.35.